The van der Waals surface area contributed by atoms with Crippen LogP contribution in [-0.4, -0.2) is 6.54 Å². The van der Waals surface area contributed by atoms with Gasteiger partial charge in [0.05, 0.1) is 0 Å². The van der Waals surface area contributed by atoms with E-state index in [4.69, 9.17) is 5.73 Å². The number of nitrogens with two attached hydrogens (primary N) is 1. The first-order valence-corrected chi connectivity index (χ1v) is 5.88. The molecule has 0 fully saturated rings. The maximum atomic E-state index is 5.74. The lowest BCUT2D eigenvalue weighted by Crippen LogP contribution is -2.21. The molecule has 72 valence electrons. The minimum Gasteiger partial charge on any atom is -0.330 e. The molecular formula is C11H17NS. The molecule has 3 unspecified atom stereocenters. The molecule has 0 aromatic carbocycles. The van der Waals surface area contributed by atoms with Gasteiger partial charge < -0.3 is 5.73 Å². The first kappa shape index (κ1) is 9.22. The second-order valence-electron chi connectivity index (χ2n) is 4.23. The topological polar surface area (TPSA) is 26.0 Å². The van der Waals surface area contributed by atoms with Crippen LogP contribution in [0.3, 0.4) is 0 Å². The van der Waals surface area contributed by atoms with E-state index in [1.807, 2.05) is 11.3 Å². The summed E-state index contributed by atoms with van der Waals surface area (Å²) in [5.74, 6) is 2.15. The van der Waals surface area contributed by atoms with Crippen LogP contribution in [0.1, 0.15) is 30.2 Å². The third-order valence-electron chi connectivity index (χ3n) is 3.22. The zero-order valence-electron chi connectivity index (χ0n) is 8.29. The van der Waals surface area contributed by atoms with Crippen molar-refractivity contribution in [3.63, 3.8) is 0 Å². The van der Waals surface area contributed by atoms with E-state index in [9.17, 15) is 0 Å². The summed E-state index contributed by atoms with van der Waals surface area (Å²) in [7, 11) is 0. The fraction of sp³-hybridized carbons (Fsp3) is 0.636. The lowest BCUT2D eigenvalue weighted by atomic mass is 9.86. The van der Waals surface area contributed by atoms with Crippen LogP contribution in [-0.2, 0) is 6.42 Å². The van der Waals surface area contributed by atoms with Crippen molar-refractivity contribution in [3.8, 4) is 0 Å². The highest BCUT2D eigenvalue weighted by Crippen LogP contribution is 2.44. The fourth-order valence-corrected chi connectivity index (χ4v) is 3.81. The molecule has 1 heterocycles. The molecule has 1 nitrogen and oxygen atoms in total. The lowest BCUT2D eigenvalue weighted by Gasteiger charge is -2.22. The van der Waals surface area contributed by atoms with Crippen molar-refractivity contribution in [1.29, 1.82) is 0 Å². The Bertz CT molecular complexity index is 292. The van der Waals surface area contributed by atoms with Gasteiger partial charge in [-0.15, -0.1) is 11.3 Å². The highest BCUT2D eigenvalue weighted by atomic mass is 32.1. The molecule has 0 amide bonds. The molecule has 2 rings (SSSR count). The number of hydrogen-bond donors (Lipinski definition) is 1. The maximum absolute atomic E-state index is 5.74. The van der Waals surface area contributed by atoms with Crippen LogP contribution >= 0.6 is 11.3 Å². The Labute approximate surface area is 84.0 Å². The summed E-state index contributed by atoms with van der Waals surface area (Å²) in [5.41, 5.74) is 7.32. The van der Waals surface area contributed by atoms with Crippen molar-refractivity contribution >= 4 is 11.3 Å². The van der Waals surface area contributed by atoms with E-state index in [-0.39, 0.29) is 0 Å². The molecule has 13 heavy (non-hydrogen) atoms. The number of hydrogen-bond acceptors (Lipinski definition) is 2. The van der Waals surface area contributed by atoms with Crippen LogP contribution < -0.4 is 5.73 Å². The van der Waals surface area contributed by atoms with E-state index in [1.54, 1.807) is 10.4 Å². The van der Waals surface area contributed by atoms with Gasteiger partial charge >= 0.3 is 0 Å². The summed E-state index contributed by atoms with van der Waals surface area (Å²) >= 11 is 1.91. The molecule has 2 N–H and O–H groups in total. The van der Waals surface area contributed by atoms with Crippen LogP contribution in [0.5, 0.6) is 0 Å². The average Bonchev–Trinajstić information content (AvgIpc) is 2.62. The third kappa shape index (κ3) is 1.42. The van der Waals surface area contributed by atoms with Crippen molar-refractivity contribution in [2.24, 2.45) is 17.6 Å². The number of fused-ring (bicyclic) bond motifs is 1. The highest BCUT2D eigenvalue weighted by molar-refractivity contribution is 7.10. The van der Waals surface area contributed by atoms with Crippen molar-refractivity contribution in [2.45, 2.75) is 26.2 Å². The predicted molar refractivity (Wildman–Crippen MR) is 58.1 cm³/mol. The summed E-state index contributed by atoms with van der Waals surface area (Å²) in [4.78, 5) is 1.60. The SMILES string of the molecule is CC(CN)C1c2sccc2CC1C. The Hall–Kier alpha value is -0.340. The van der Waals surface area contributed by atoms with Gasteiger partial charge in [0.2, 0.25) is 0 Å². The minimum absolute atomic E-state index is 0.634. The fourth-order valence-electron chi connectivity index (χ4n) is 2.51. The Morgan fingerprint density at radius 2 is 2.46 bits per heavy atom. The van der Waals surface area contributed by atoms with E-state index in [1.165, 1.54) is 6.42 Å². The lowest BCUT2D eigenvalue weighted by molar-refractivity contribution is 0.379. The predicted octanol–water partition coefficient (Wildman–Crippen LogP) is 2.62. The molecule has 3 atom stereocenters. The molecule has 0 saturated carbocycles. The van der Waals surface area contributed by atoms with Crippen molar-refractivity contribution < 1.29 is 0 Å². The summed E-state index contributed by atoms with van der Waals surface area (Å²) in [6.45, 7) is 5.44. The summed E-state index contributed by atoms with van der Waals surface area (Å²) < 4.78 is 0. The van der Waals surface area contributed by atoms with Crippen molar-refractivity contribution in [1.82, 2.24) is 0 Å². The molecular weight excluding hydrogens is 178 g/mol. The minimum atomic E-state index is 0.634. The third-order valence-corrected chi connectivity index (χ3v) is 4.28. The first-order valence-electron chi connectivity index (χ1n) is 5.00. The van der Waals surface area contributed by atoms with Gasteiger partial charge in [0, 0.05) is 10.8 Å². The molecule has 0 aliphatic heterocycles. The Morgan fingerprint density at radius 1 is 1.69 bits per heavy atom. The first-order chi connectivity index (χ1) is 6.24. The van der Waals surface area contributed by atoms with E-state index >= 15 is 0 Å². The van der Waals surface area contributed by atoms with Gasteiger partial charge in [-0.1, -0.05) is 13.8 Å². The quantitative estimate of drug-likeness (QED) is 0.771. The molecule has 1 aliphatic carbocycles. The molecule has 2 heteroatoms. The van der Waals surface area contributed by atoms with Gasteiger partial charge in [-0.3, -0.25) is 0 Å². The molecule has 0 bridgehead atoms. The van der Waals surface area contributed by atoms with E-state index in [2.05, 4.69) is 25.3 Å². The summed E-state index contributed by atoms with van der Waals surface area (Å²) in [6.07, 6.45) is 1.26. The van der Waals surface area contributed by atoms with Crippen molar-refractivity contribution in [3.05, 3.63) is 21.9 Å². The molecule has 1 aromatic rings. The second-order valence-corrected chi connectivity index (χ2v) is 5.18. The molecule has 1 aliphatic rings. The maximum Gasteiger partial charge on any atom is 0.0114 e. The smallest absolute Gasteiger partial charge is 0.0114 e. The summed E-state index contributed by atoms with van der Waals surface area (Å²) in [6, 6.07) is 2.28. The molecule has 0 radical (unpaired) electrons. The normalized spacial score (nSPS) is 28.8. The van der Waals surface area contributed by atoms with Gasteiger partial charge in [-0.05, 0) is 41.8 Å². The zero-order valence-corrected chi connectivity index (χ0v) is 9.10. The van der Waals surface area contributed by atoms with Gasteiger partial charge in [-0.2, -0.15) is 0 Å². The van der Waals surface area contributed by atoms with Crippen LogP contribution in [0.2, 0.25) is 0 Å². The standard InChI is InChI=1S/C11H17NS/c1-7-5-9-3-4-13-11(9)10(7)8(2)6-12/h3-4,7-8,10H,5-6,12H2,1-2H3. The van der Waals surface area contributed by atoms with E-state index in [0.717, 1.165) is 18.4 Å². The van der Waals surface area contributed by atoms with Crippen LogP contribution in [0, 0.1) is 11.8 Å². The van der Waals surface area contributed by atoms with Gasteiger partial charge in [0.15, 0.2) is 0 Å². The van der Waals surface area contributed by atoms with Gasteiger partial charge in [0.25, 0.3) is 0 Å². The van der Waals surface area contributed by atoms with Crippen molar-refractivity contribution in [2.75, 3.05) is 6.54 Å². The Morgan fingerprint density at radius 3 is 3.15 bits per heavy atom. The largest absolute Gasteiger partial charge is 0.330 e. The Balaban J connectivity index is 2.28. The number of thiophene rings is 1. The molecule has 0 saturated heterocycles. The Kier molecular flexibility index (Phi) is 2.43. The van der Waals surface area contributed by atoms with Crippen LogP contribution in [0.4, 0.5) is 0 Å². The zero-order chi connectivity index (χ0) is 9.42. The van der Waals surface area contributed by atoms with Crippen LogP contribution in [0.25, 0.3) is 0 Å². The molecule has 1 aromatic heterocycles. The molecule has 0 spiro atoms. The van der Waals surface area contributed by atoms with Gasteiger partial charge in [0.1, 0.15) is 0 Å². The average molecular weight is 195 g/mol. The van der Waals surface area contributed by atoms with Gasteiger partial charge in [-0.25, -0.2) is 0 Å². The summed E-state index contributed by atoms with van der Waals surface area (Å²) in [5, 5.41) is 2.22. The van der Waals surface area contributed by atoms with E-state index < -0.39 is 0 Å². The number of rotatable bonds is 2. The van der Waals surface area contributed by atoms with Crippen LogP contribution in [0.15, 0.2) is 11.4 Å². The monoisotopic (exact) mass is 195 g/mol. The second kappa shape index (κ2) is 3.43. The highest BCUT2D eigenvalue weighted by Gasteiger charge is 2.33. The van der Waals surface area contributed by atoms with E-state index in [0.29, 0.717) is 5.92 Å².